The molecule has 0 spiro atoms. The van der Waals surface area contributed by atoms with Crippen LogP contribution in [-0.2, 0) is 6.54 Å². The highest BCUT2D eigenvalue weighted by Gasteiger charge is 2.32. The molecule has 1 atom stereocenters. The first-order valence-corrected chi connectivity index (χ1v) is 8.19. The van der Waals surface area contributed by atoms with Gasteiger partial charge in [0.15, 0.2) is 5.76 Å². The van der Waals surface area contributed by atoms with E-state index in [1.807, 2.05) is 0 Å². The third kappa shape index (κ3) is 4.96. The maximum atomic E-state index is 12.5. The lowest BCUT2D eigenvalue weighted by Crippen LogP contribution is -2.35. The number of halogens is 3. The molecule has 1 aliphatic rings. The molecule has 1 aromatic carbocycles. The standard InChI is InChI=1S/C17H20F3N3O2/c18-17(19,20)24-16-7-2-1-6-14(16)15-9-13(25-22-15)11-23-8-4-3-5-12(21)10-23/h1-2,6-7,9,12H,3-5,8,10-11,21H2/t12-/m0/s1. The van der Waals surface area contributed by atoms with Crippen LogP contribution in [0.4, 0.5) is 13.2 Å². The zero-order valence-electron chi connectivity index (χ0n) is 13.6. The average molecular weight is 355 g/mol. The van der Waals surface area contributed by atoms with E-state index in [9.17, 15) is 13.2 Å². The molecular formula is C17H20F3N3O2. The van der Waals surface area contributed by atoms with Crippen LogP contribution in [0.5, 0.6) is 5.75 Å². The van der Waals surface area contributed by atoms with Crippen LogP contribution in [0.25, 0.3) is 11.3 Å². The molecule has 0 unspecified atom stereocenters. The van der Waals surface area contributed by atoms with E-state index < -0.39 is 6.36 Å². The number of para-hydroxylation sites is 1. The molecule has 1 aromatic heterocycles. The van der Waals surface area contributed by atoms with Gasteiger partial charge < -0.3 is 15.0 Å². The van der Waals surface area contributed by atoms with Gasteiger partial charge in [0.25, 0.3) is 0 Å². The van der Waals surface area contributed by atoms with Gasteiger partial charge in [-0.3, -0.25) is 4.90 Å². The van der Waals surface area contributed by atoms with Gasteiger partial charge in [0.1, 0.15) is 11.4 Å². The van der Waals surface area contributed by atoms with Gasteiger partial charge in [-0.2, -0.15) is 0 Å². The third-order valence-electron chi connectivity index (χ3n) is 4.12. The first kappa shape index (κ1) is 17.8. The van der Waals surface area contributed by atoms with E-state index in [-0.39, 0.29) is 17.4 Å². The van der Waals surface area contributed by atoms with Crippen molar-refractivity contribution in [2.24, 2.45) is 5.73 Å². The fourth-order valence-corrected chi connectivity index (χ4v) is 3.03. The minimum atomic E-state index is -4.76. The normalized spacial score (nSPS) is 19.6. The Hall–Kier alpha value is -2.06. The molecule has 1 fully saturated rings. The highest BCUT2D eigenvalue weighted by atomic mass is 19.4. The molecule has 1 saturated heterocycles. The molecule has 2 aromatic rings. The van der Waals surface area contributed by atoms with Gasteiger partial charge in [-0.05, 0) is 31.5 Å². The molecule has 25 heavy (non-hydrogen) atoms. The summed E-state index contributed by atoms with van der Waals surface area (Å²) >= 11 is 0. The third-order valence-corrected chi connectivity index (χ3v) is 4.12. The van der Waals surface area contributed by atoms with Gasteiger partial charge in [-0.15, -0.1) is 13.2 Å². The van der Waals surface area contributed by atoms with Crippen molar-refractivity contribution < 1.29 is 22.4 Å². The molecule has 1 aliphatic heterocycles. The number of ether oxygens (including phenoxy) is 1. The molecule has 5 nitrogen and oxygen atoms in total. The predicted molar refractivity (Wildman–Crippen MR) is 85.7 cm³/mol. The molecule has 2 N–H and O–H groups in total. The van der Waals surface area contributed by atoms with Crippen LogP contribution < -0.4 is 10.5 Å². The van der Waals surface area contributed by atoms with Gasteiger partial charge >= 0.3 is 6.36 Å². The van der Waals surface area contributed by atoms with Gasteiger partial charge in [-0.25, -0.2) is 0 Å². The van der Waals surface area contributed by atoms with Crippen molar-refractivity contribution in [1.82, 2.24) is 10.1 Å². The topological polar surface area (TPSA) is 64.5 Å². The Kier molecular flexibility index (Phi) is 5.29. The van der Waals surface area contributed by atoms with Crippen molar-refractivity contribution >= 4 is 0 Å². The van der Waals surface area contributed by atoms with Gasteiger partial charge in [0.05, 0.1) is 6.54 Å². The van der Waals surface area contributed by atoms with E-state index in [2.05, 4.69) is 14.8 Å². The van der Waals surface area contributed by atoms with Crippen molar-refractivity contribution in [2.45, 2.75) is 38.2 Å². The van der Waals surface area contributed by atoms with Crippen LogP contribution in [0.1, 0.15) is 25.0 Å². The molecule has 8 heteroatoms. The lowest BCUT2D eigenvalue weighted by atomic mass is 10.1. The van der Waals surface area contributed by atoms with Crippen LogP contribution in [0.15, 0.2) is 34.9 Å². The molecule has 0 bridgehead atoms. The largest absolute Gasteiger partial charge is 0.573 e. The Bertz CT molecular complexity index is 702. The number of hydrogen-bond acceptors (Lipinski definition) is 5. The Morgan fingerprint density at radius 2 is 2.08 bits per heavy atom. The monoisotopic (exact) mass is 355 g/mol. The molecule has 0 aliphatic carbocycles. The van der Waals surface area contributed by atoms with Crippen molar-refractivity contribution in [3.8, 4) is 17.0 Å². The van der Waals surface area contributed by atoms with E-state index in [1.165, 1.54) is 18.2 Å². The summed E-state index contributed by atoms with van der Waals surface area (Å²) in [5.74, 6) is 0.289. The highest BCUT2D eigenvalue weighted by Crippen LogP contribution is 2.33. The van der Waals surface area contributed by atoms with E-state index in [1.54, 1.807) is 12.1 Å². The zero-order chi connectivity index (χ0) is 17.9. The quantitative estimate of drug-likeness (QED) is 0.909. The van der Waals surface area contributed by atoms with Gasteiger partial charge in [0, 0.05) is 24.2 Å². The Labute approximate surface area is 143 Å². The summed E-state index contributed by atoms with van der Waals surface area (Å²) < 4.78 is 47.0. The fraction of sp³-hybridized carbons (Fsp3) is 0.471. The smallest absolute Gasteiger partial charge is 0.405 e. The lowest BCUT2D eigenvalue weighted by Gasteiger charge is -2.20. The van der Waals surface area contributed by atoms with Gasteiger partial charge in [-0.1, -0.05) is 23.7 Å². The van der Waals surface area contributed by atoms with Crippen molar-refractivity contribution in [2.75, 3.05) is 13.1 Å². The number of benzene rings is 1. The SMILES string of the molecule is N[C@H]1CCCCN(Cc2cc(-c3ccccc3OC(F)(F)F)no2)C1. The number of alkyl halides is 3. The molecule has 0 amide bonds. The van der Waals surface area contributed by atoms with Crippen LogP contribution in [0.2, 0.25) is 0 Å². The summed E-state index contributed by atoms with van der Waals surface area (Å²) in [5.41, 5.74) is 6.59. The average Bonchev–Trinajstić information content (AvgIpc) is 2.88. The summed E-state index contributed by atoms with van der Waals surface area (Å²) in [4.78, 5) is 2.18. The summed E-state index contributed by atoms with van der Waals surface area (Å²) in [6.07, 6.45) is -1.59. The number of nitrogens with zero attached hydrogens (tertiary/aromatic N) is 2. The molecule has 2 heterocycles. The number of hydrogen-bond donors (Lipinski definition) is 1. The molecular weight excluding hydrogens is 335 g/mol. The molecule has 0 saturated carbocycles. The van der Waals surface area contributed by atoms with E-state index >= 15 is 0 Å². The number of rotatable bonds is 4. The van der Waals surface area contributed by atoms with Crippen LogP contribution in [0, 0.1) is 0 Å². The summed E-state index contributed by atoms with van der Waals surface area (Å²) in [5, 5.41) is 3.90. The minimum Gasteiger partial charge on any atom is -0.405 e. The van der Waals surface area contributed by atoms with Crippen molar-refractivity contribution in [3.63, 3.8) is 0 Å². The number of nitrogens with two attached hydrogens (primary N) is 1. The Balaban J connectivity index is 1.75. The fourth-order valence-electron chi connectivity index (χ4n) is 3.03. The van der Waals surface area contributed by atoms with Crippen LogP contribution in [-0.4, -0.2) is 35.6 Å². The second-order valence-corrected chi connectivity index (χ2v) is 6.21. The van der Waals surface area contributed by atoms with Crippen molar-refractivity contribution in [3.05, 3.63) is 36.1 Å². The highest BCUT2D eigenvalue weighted by molar-refractivity contribution is 5.66. The summed E-state index contributed by atoms with van der Waals surface area (Å²) in [6, 6.07) is 7.65. The maximum absolute atomic E-state index is 12.5. The molecule has 136 valence electrons. The van der Waals surface area contributed by atoms with E-state index in [4.69, 9.17) is 10.3 Å². The summed E-state index contributed by atoms with van der Waals surface area (Å²) in [6.45, 7) is 2.21. The van der Waals surface area contributed by atoms with E-state index in [0.29, 0.717) is 18.0 Å². The van der Waals surface area contributed by atoms with Gasteiger partial charge in [0.2, 0.25) is 0 Å². The zero-order valence-corrected chi connectivity index (χ0v) is 13.6. The van der Waals surface area contributed by atoms with Crippen LogP contribution in [0.3, 0.4) is 0 Å². The van der Waals surface area contributed by atoms with E-state index in [0.717, 1.165) is 32.4 Å². The van der Waals surface area contributed by atoms with Crippen molar-refractivity contribution in [1.29, 1.82) is 0 Å². The lowest BCUT2D eigenvalue weighted by molar-refractivity contribution is -0.274. The number of aromatic nitrogens is 1. The second kappa shape index (κ2) is 7.45. The molecule has 3 rings (SSSR count). The summed E-state index contributed by atoms with van der Waals surface area (Å²) in [7, 11) is 0. The Morgan fingerprint density at radius 3 is 2.88 bits per heavy atom. The first-order chi connectivity index (χ1) is 11.9. The number of likely N-dealkylation sites (tertiary alicyclic amines) is 1. The minimum absolute atomic E-state index is 0.130. The predicted octanol–water partition coefficient (Wildman–Crippen LogP) is 3.55. The maximum Gasteiger partial charge on any atom is 0.573 e. The second-order valence-electron chi connectivity index (χ2n) is 6.21. The first-order valence-electron chi connectivity index (χ1n) is 8.19. The van der Waals surface area contributed by atoms with Crippen LogP contribution >= 0.6 is 0 Å². The Morgan fingerprint density at radius 1 is 1.28 bits per heavy atom. The molecule has 0 radical (unpaired) electrons.